The van der Waals surface area contributed by atoms with Crippen LogP contribution in [0.1, 0.15) is 36.0 Å². The molecule has 2 fully saturated rings. The number of carbonyl (C=O) groups excluding carboxylic acids is 1. The van der Waals surface area contributed by atoms with Crippen molar-refractivity contribution in [3.63, 3.8) is 0 Å². The Balaban J connectivity index is 1.35. The van der Waals surface area contributed by atoms with E-state index in [2.05, 4.69) is 26.4 Å². The Morgan fingerprint density at radius 2 is 1.93 bits per heavy atom. The number of hydrogen-bond donors (Lipinski definition) is 1. The topological polar surface area (TPSA) is 72.3 Å². The third-order valence-corrected chi connectivity index (χ3v) is 6.51. The van der Waals surface area contributed by atoms with Crippen LogP contribution in [-0.4, -0.2) is 47.5 Å². The lowest BCUT2D eigenvalue weighted by Crippen LogP contribution is -2.35. The van der Waals surface area contributed by atoms with Crippen LogP contribution in [-0.2, 0) is 11.3 Å². The third kappa shape index (κ3) is 3.65. The van der Waals surface area contributed by atoms with E-state index < -0.39 is 0 Å². The molecule has 1 spiro atoms. The maximum atomic E-state index is 13.1. The largest absolute Gasteiger partial charge is 0.383 e. The quantitative estimate of drug-likeness (QED) is 0.677. The molecule has 1 saturated carbocycles. The Morgan fingerprint density at radius 3 is 2.70 bits per heavy atom. The lowest BCUT2D eigenvalue weighted by Gasteiger charge is -2.34. The van der Waals surface area contributed by atoms with E-state index in [1.54, 1.807) is 18.0 Å². The number of fused-ring (bicyclic) bond motifs is 1. The van der Waals surface area contributed by atoms with Gasteiger partial charge in [0.15, 0.2) is 5.65 Å². The van der Waals surface area contributed by atoms with Gasteiger partial charge < -0.3 is 15.0 Å². The Kier molecular flexibility index (Phi) is 4.90. The summed E-state index contributed by atoms with van der Waals surface area (Å²) in [5.41, 5.74) is 3.05. The number of anilines is 2. The van der Waals surface area contributed by atoms with Crippen molar-refractivity contribution in [3.8, 4) is 0 Å². The molecule has 0 unspecified atom stereocenters. The first-order valence-electron chi connectivity index (χ1n) is 10.6. The molecule has 1 aliphatic carbocycles. The average Bonchev–Trinajstić information content (AvgIpc) is 3.41. The number of para-hydroxylation sites is 1. The van der Waals surface area contributed by atoms with E-state index in [-0.39, 0.29) is 5.91 Å². The molecule has 1 N–H and O–H groups in total. The Hall–Kier alpha value is -2.93. The van der Waals surface area contributed by atoms with Crippen molar-refractivity contribution in [2.45, 2.75) is 32.2 Å². The van der Waals surface area contributed by atoms with Crippen molar-refractivity contribution in [2.75, 3.05) is 37.0 Å². The summed E-state index contributed by atoms with van der Waals surface area (Å²) in [5.74, 6) is 0.393. The summed E-state index contributed by atoms with van der Waals surface area (Å²) in [4.78, 5) is 20.1. The lowest BCUT2D eigenvalue weighted by atomic mass is 9.93. The second-order valence-electron chi connectivity index (χ2n) is 8.43. The number of benzene rings is 1. The standard InChI is InChI=1S/C23H27N5O2/c1-30-15-14-28-21-17(16-24-28)6-7-20(25-21)26-22(29)18-4-2-3-5-19(18)27-12-10-23(8-9-23)11-13-27/h2-7,16H,8-15H2,1H3,(H,25,26,29). The molecule has 1 saturated heterocycles. The molecule has 1 aromatic carbocycles. The zero-order valence-corrected chi connectivity index (χ0v) is 17.3. The van der Waals surface area contributed by atoms with E-state index in [0.717, 1.165) is 29.8 Å². The van der Waals surface area contributed by atoms with Crippen LogP contribution < -0.4 is 10.2 Å². The fourth-order valence-corrected chi connectivity index (χ4v) is 4.39. The average molecular weight is 406 g/mol. The minimum absolute atomic E-state index is 0.132. The van der Waals surface area contributed by atoms with Gasteiger partial charge in [0.2, 0.25) is 0 Å². The van der Waals surface area contributed by atoms with Gasteiger partial charge in [0.1, 0.15) is 5.82 Å². The highest BCUT2D eigenvalue weighted by molar-refractivity contribution is 6.08. The minimum Gasteiger partial charge on any atom is -0.383 e. The number of methoxy groups -OCH3 is 1. The normalized spacial score (nSPS) is 17.4. The van der Waals surface area contributed by atoms with Gasteiger partial charge in [-0.25, -0.2) is 9.67 Å². The highest BCUT2D eigenvalue weighted by Crippen LogP contribution is 2.54. The molecule has 1 amide bonds. The minimum atomic E-state index is -0.132. The molecule has 0 bridgehead atoms. The van der Waals surface area contributed by atoms with Crippen molar-refractivity contribution in [1.82, 2.24) is 14.8 Å². The van der Waals surface area contributed by atoms with Gasteiger partial charge in [0.05, 0.1) is 24.9 Å². The van der Waals surface area contributed by atoms with Gasteiger partial charge in [0, 0.05) is 31.3 Å². The maximum absolute atomic E-state index is 13.1. The fraction of sp³-hybridized carbons (Fsp3) is 0.435. The van der Waals surface area contributed by atoms with E-state index >= 15 is 0 Å². The zero-order chi connectivity index (χ0) is 20.6. The van der Waals surface area contributed by atoms with Crippen LogP contribution in [0.4, 0.5) is 11.5 Å². The second kappa shape index (κ2) is 7.72. The van der Waals surface area contributed by atoms with Crippen LogP contribution in [0.25, 0.3) is 11.0 Å². The van der Waals surface area contributed by atoms with Gasteiger partial charge in [0.25, 0.3) is 5.91 Å². The van der Waals surface area contributed by atoms with Crippen molar-refractivity contribution in [3.05, 3.63) is 48.2 Å². The van der Waals surface area contributed by atoms with Crippen molar-refractivity contribution < 1.29 is 9.53 Å². The number of amides is 1. The molecule has 3 heterocycles. The smallest absolute Gasteiger partial charge is 0.258 e. The number of hydrogen-bond acceptors (Lipinski definition) is 5. The summed E-state index contributed by atoms with van der Waals surface area (Å²) in [6.45, 7) is 3.21. The molecular weight excluding hydrogens is 378 g/mol. The highest BCUT2D eigenvalue weighted by Gasteiger charge is 2.44. The van der Waals surface area contributed by atoms with Crippen LogP contribution in [0.15, 0.2) is 42.6 Å². The molecule has 0 atom stereocenters. The molecule has 3 aromatic rings. The maximum Gasteiger partial charge on any atom is 0.258 e. The number of carbonyl (C=O) groups is 1. The first-order valence-corrected chi connectivity index (χ1v) is 10.6. The zero-order valence-electron chi connectivity index (χ0n) is 17.3. The summed E-state index contributed by atoms with van der Waals surface area (Å²) >= 11 is 0. The molecule has 1 aliphatic heterocycles. The molecule has 2 aromatic heterocycles. The first-order chi connectivity index (χ1) is 14.7. The molecule has 0 radical (unpaired) electrons. The summed E-state index contributed by atoms with van der Waals surface area (Å²) in [6.07, 6.45) is 6.98. The SMILES string of the molecule is COCCn1ncc2ccc(NC(=O)c3ccccc3N3CCC4(CC3)CC4)nc21. The Bertz CT molecular complexity index is 1060. The summed E-state index contributed by atoms with van der Waals surface area (Å²) in [5, 5.41) is 8.28. The number of pyridine rings is 1. The summed E-state index contributed by atoms with van der Waals surface area (Å²) in [7, 11) is 1.66. The molecule has 2 aliphatic rings. The van der Waals surface area contributed by atoms with E-state index in [4.69, 9.17) is 4.74 Å². The molecular formula is C23H27N5O2. The van der Waals surface area contributed by atoms with Crippen molar-refractivity contribution in [2.24, 2.45) is 5.41 Å². The van der Waals surface area contributed by atoms with Crippen molar-refractivity contribution >= 4 is 28.4 Å². The first kappa shape index (κ1) is 19.1. The van der Waals surface area contributed by atoms with E-state index in [1.165, 1.54) is 25.7 Å². The highest BCUT2D eigenvalue weighted by atomic mass is 16.5. The van der Waals surface area contributed by atoms with Crippen LogP contribution in [0.5, 0.6) is 0 Å². The van der Waals surface area contributed by atoms with E-state index in [9.17, 15) is 4.79 Å². The van der Waals surface area contributed by atoms with Crippen LogP contribution in [0.3, 0.4) is 0 Å². The Morgan fingerprint density at radius 1 is 1.13 bits per heavy atom. The molecule has 7 heteroatoms. The molecule has 156 valence electrons. The van der Waals surface area contributed by atoms with E-state index in [1.807, 2.05) is 30.3 Å². The molecule has 7 nitrogen and oxygen atoms in total. The molecule has 5 rings (SSSR count). The van der Waals surface area contributed by atoms with E-state index in [0.29, 0.717) is 29.9 Å². The van der Waals surface area contributed by atoms with Gasteiger partial charge in [-0.3, -0.25) is 4.79 Å². The predicted octanol–water partition coefficient (Wildman–Crippen LogP) is 3.71. The number of rotatable bonds is 6. The van der Waals surface area contributed by atoms with Gasteiger partial charge in [-0.1, -0.05) is 12.1 Å². The van der Waals surface area contributed by atoms with Gasteiger partial charge in [-0.2, -0.15) is 5.10 Å². The predicted molar refractivity (Wildman–Crippen MR) is 117 cm³/mol. The van der Waals surface area contributed by atoms with Crippen LogP contribution in [0.2, 0.25) is 0 Å². The summed E-state index contributed by atoms with van der Waals surface area (Å²) < 4.78 is 6.94. The second-order valence-corrected chi connectivity index (χ2v) is 8.43. The van der Waals surface area contributed by atoms with Crippen molar-refractivity contribution in [1.29, 1.82) is 0 Å². The number of aromatic nitrogens is 3. The number of ether oxygens (including phenoxy) is 1. The summed E-state index contributed by atoms with van der Waals surface area (Å²) in [6, 6.07) is 11.6. The number of nitrogens with zero attached hydrogens (tertiary/aromatic N) is 4. The lowest BCUT2D eigenvalue weighted by molar-refractivity contribution is 0.102. The van der Waals surface area contributed by atoms with Crippen LogP contribution in [0, 0.1) is 5.41 Å². The van der Waals surface area contributed by atoms with Crippen LogP contribution >= 0.6 is 0 Å². The van der Waals surface area contributed by atoms with Gasteiger partial charge >= 0.3 is 0 Å². The number of nitrogens with one attached hydrogen (secondary N) is 1. The van der Waals surface area contributed by atoms with Gasteiger partial charge in [-0.05, 0) is 55.4 Å². The third-order valence-electron chi connectivity index (χ3n) is 6.51. The number of piperidine rings is 1. The molecule has 30 heavy (non-hydrogen) atoms. The Labute approximate surface area is 176 Å². The monoisotopic (exact) mass is 405 g/mol. The fourth-order valence-electron chi connectivity index (χ4n) is 4.39. The van der Waals surface area contributed by atoms with Gasteiger partial charge in [-0.15, -0.1) is 0 Å².